The molecule has 0 aliphatic heterocycles. The molecule has 0 radical (unpaired) electrons. The molecule has 0 spiro atoms. The molecular formula is C16H16FN3O4S. The van der Waals surface area contributed by atoms with Crippen LogP contribution in [0.5, 0.6) is 0 Å². The molecule has 0 aliphatic carbocycles. The zero-order valence-corrected chi connectivity index (χ0v) is 14.1. The van der Waals surface area contributed by atoms with Crippen LogP contribution in [0.1, 0.15) is 27.6 Å². The maximum Gasteiger partial charge on any atom is 0.272 e. The number of amides is 2. The third-order valence-electron chi connectivity index (χ3n) is 3.17. The highest BCUT2D eigenvalue weighted by Gasteiger charge is 2.15. The summed E-state index contributed by atoms with van der Waals surface area (Å²) in [5.74, 6) is -2.19. The predicted molar refractivity (Wildman–Crippen MR) is 88.6 cm³/mol. The van der Waals surface area contributed by atoms with Gasteiger partial charge in [-0.3, -0.25) is 20.4 Å². The fraction of sp³-hybridized carbons (Fsp3) is 0.125. The third kappa shape index (κ3) is 4.61. The van der Waals surface area contributed by atoms with E-state index in [2.05, 4.69) is 15.6 Å². The number of hydrazine groups is 1. The molecule has 2 aromatic rings. The zero-order valence-electron chi connectivity index (χ0n) is 13.2. The molecule has 2 aromatic carbocycles. The molecule has 0 aliphatic rings. The van der Waals surface area contributed by atoms with Crippen LogP contribution in [0.2, 0.25) is 0 Å². The minimum Gasteiger partial charge on any atom is -0.267 e. The van der Waals surface area contributed by atoms with Crippen molar-refractivity contribution in [3.8, 4) is 0 Å². The maximum absolute atomic E-state index is 13.5. The van der Waals surface area contributed by atoms with E-state index < -0.39 is 27.7 Å². The molecule has 25 heavy (non-hydrogen) atoms. The van der Waals surface area contributed by atoms with Gasteiger partial charge < -0.3 is 0 Å². The van der Waals surface area contributed by atoms with Crippen LogP contribution in [0.15, 0.2) is 53.4 Å². The molecule has 0 bridgehead atoms. The molecule has 0 atom stereocenters. The Morgan fingerprint density at radius 3 is 2.16 bits per heavy atom. The molecule has 0 heterocycles. The summed E-state index contributed by atoms with van der Waals surface area (Å²) in [6.07, 6.45) is 0. The molecule has 132 valence electrons. The lowest BCUT2D eigenvalue weighted by atomic mass is 10.2. The molecule has 7 nitrogen and oxygen atoms in total. The molecular weight excluding hydrogens is 349 g/mol. The van der Waals surface area contributed by atoms with E-state index in [9.17, 15) is 22.4 Å². The van der Waals surface area contributed by atoms with Crippen molar-refractivity contribution in [1.29, 1.82) is 0 Å². The van der Waals surface area contributed by atoms with Gasteiger partial charge in [0.15, 0.2) is 0 Å². The first-order valence-electron chi connectivity index (χ1n) is 7.30. The fourth-order valence-corrected chi connectivity index (χ4v) is 3.00. The smallest absolute Gasteiger partial charge is 0.267 e. The van der Waals surface area contributed by atoms with Crippen molar-refractivity contribution in [1.82, 2.24) is 15.6 Å². The fourth-order valence-electron chi connectivity index (χ4n) is 1.96. The first-order valence-corrected chi connectivity index (χ1v) is 8.78. The summed E-state index contributed by atoms with van der Waals surface area (Å²) in [6.45, 7) is 1.89. The van der Waals surface area contributed by atoms with Crippen LogP contribution in [0.25, 0.3) is 0 Å². The predicted octanol–water partition coefficient (Wildman–Crippen LogP) is 1.20. The molecule has 0 unspecified atom stereocenters. The molecule has 9 heteroatoms. The lowest BCUT2D eigenvalue weighted by Crippen LogP contribution is -2.41. The first-order chi connectivity index (χ1) is 11.8. The summed E-state index contributed by atoms with van der Waals surface area (Å²) in [5, 5.41) is 0. The molecule has 0 saturated carbocycles. The van der Waals surface area contributed by atoms with Gasteiger partial charge in [0.2, 0.25) is 10.0 Å². The van der Waals surface area contributed by atoms with Crippen LogP contribution in [0.3, 0.4) is 0 Å². The van der Waals surface area contributed by atoms with Gasteiger partial charge >= 0.3 is 0 Å². The van der Waals surface area contributed by atoms with Gasteiger partial charge in [-0.15, -0.1) is 0 Å². The monoisotopic (exact) mass is 365 g/mol. The standard InChI is InChI=1S/C16H16FN3O4S/c1-2-18-25(23,24)12-9-7-11(8-10-12)15(21)19-20-16(22)13-5-3-4-6-14(13)17/h3-10,18H,2H2,1H3,(H,19,21)(H,20,22). The number of rotatable bonds is 5. The van der Waals surface area contributed by atoms with Gasteiger partial charge in [-0.2, -0.15) is 0 Å². The summed E-state index contributed by atoms with van der Waals surface area (Å²) in [6, 6.07) is 10.5. The SMILES string of the molecule is CCNS(=O)(=O)c1ccc(C(=O)NNC(=O)c2ccccc2F)cc1. The van der Waals surface area contributed by atoms with Crippen molar-refractivity contribution in [3.05, 3.63) is 65.5 Å². The molecule has 2 rings (SSSR count). The Kier molecular flexibility index (Phi) is 5.84. The molecule has 0 aromatic heterocycles. The highest BCUT2D eigenvalue weighted by molar-refractivity contribution is 7.89. The van der Waals surface area contributed by atoms with Crippen molar-refractivity contribution in [3.63, 3.8) is 0 Å². The Morgan fingerprint density at radius 2 is 1.56 bits per heavy atom. The molecule has 2 amide bonds. The van der Waals surface area contributed by atoms with Gasteiger partial charge in [-0.25, -0.2) is 17.5 Å². The van der Waals surface area contributed by atoms with E-state index in [0.717, 1.165) is 6.07 Å². The van der Waals surface area contributed by atoms with Crippen LogP contribution in [0, 0.1) is 5.82 Å². The van der Waals surface area contributed by atoms with Crippen LogP contribution >= 0.6 is 0 Å². The quantitative estimate of drug-likeness (QED) is 0.693. The lowest BCUT2D eigenvalue weighted by Gasteiger charge is -2.09. The van der Waals surface area contributed by atoms with E-state index in [1.165, 1.54) is 42.5 Å². The Bertz CT molecular complexity index is 883. The third-order valence-corrected chi connectivity index (χ3v) is 4.73. The minimum absolute atomic E-state index is 0.0151. The Balaban J connectivity index is 2.02. The first kappa shape index (κ1) is 18.6. The van der Waals surface area contributed by atoms with E-state index in [4.69, 9.17) is 0 Å². The van der Waals surface area contributed by atoms with Crippen molar-refractivity contribution >= 4 is 21.8 Å². The summed E-state index contributed by atoms with van der Waals surface area (Å²) in [4.78, 5) is 23.8. The van der Waals surface area contributed by atoms with Gasteiger partial charge in [-0.05, 0) is 36.4 Å². The van der Waals surface area contributed by atoms with Gasteiger partial charge in [0, 0.05) is 12.1 Å². The molecule has 3 N–H and O–H groups in total. The van der Waals surface area contributed by atoms with E-state index in [0.29, 0.717) is 0 Å². The van der Waals surface area contributed by atoms with Gasteiger partial charge in [0.1, 0.15) is 5.82 Å². The van der Waals surface area contributed by atoms with Crippen LogP contribution in [-0.4, -0.2) is 26.8 Å². The molecule has 0 saturated heterocycles. The highest BCUT2D eigenvalue weighted by atomic mass is 32.2. The average Bonchev–Trinajstić information content (AvgIpc) is 2.60. The summed E-state index contributed by atoms with van der Waals surface area (Å²) < 4.78 is 39.4. The van der Waals surface area contributed by atoms with Crippen LogP contribution in [0.4, 0.5) is 4.39 Å². The number of nitrogens with one attached hydrogen (secondary N) is 3. The molecule has 0 fully saturated rings. The van der Waals surface area contributed by atoms with Gasteiger partial charge in [0.05, 0.1) is 10.5 Å². The number of hydrogen-bond acceptors (Lipinski definition) is 4. The second-order valence-corrected chi connectivity index (χ2v) is 6.68. The second kappa shape index (κ2) is 7.86. The van der Waals surface area contributed by atoms with E-state index in [1.807, 2.05) is 0 Å². The highest BCUT2D eigenvalue weighted by Crippen LogP contribution is 2.10. The van der Waals surface area contributed by atoms with Crippen molar-refractivity contribution in [2.75, 3.05) is 6.54 Å². The van der Waals surface area contributed by atoms with E-state index >= 15 is 0 Å². The topological polar surface area (TPSA) is 104 Å². The number of hydrogen-bond donors (Lipinski definition) is 3. The lowest BCUT2D eigenvalue weighted by molar-refractivity contribution is 0.0844. The maximum atomic E-state index is 13.5. The van der Waals surface area contributed by atoms with Crippen LogP contribution in [-0.2, 0) is 10.0 Å². The Morgan fingerprint density at radius 1 is 0.960 bits per heavy atom. The second-order valence-electron chi connectivity index (χ2n) is 4.91. The summed E-state index contributed by atoms with van der Waals surface area (Å²) in [7, 11) is -3.61. The minimum atomic E-state index is -3.61. The Hall–Kier alpha value is -2.78. The summed E-state index contributed by atoms with van der Waals surface area (Å²) >= 11 is 0. The number of halogens is 1. The van der Waals surface area contributed by atoms with Crippen molar-refractivity contribution in [2.24, 2.45) is 0 Å². The van der Waals surface area contributed by atoms with Crippen LogP contribution < -0.4 is 15.6 Å². The van der Waals surface area contributed by atoms with Gasteiger partial charge in [0.25, 0.3) is 11.8 Å². The Labute approximate surface area is 144 Å². The largest absolute Gasteiger partial charge is 0.272 e. The van der Waals surface area contributed by atoms with E-state index in [-0.39, 0.29) is 22.6 Å². The number of sulfonamides is 1. The zero-order chi connectivity index (χ0) is 18.4. The van der Waals surface area contributed by atoms with Crippen molar-refractivity contribution < 1.29 is 22.4 Å². The summed E-state index contributed by atoms with van der Waals surface area (Å²) in [5.41, 5.74) is 4.15. The van der Waals surface area contributed by atoms with Gasteiger partial charge in [-0.1, -0.05) is 19.1 Å². The van der Waals surface area contributed by atoms with Crippen molar-refractivity contribution in [2.45, 2.75) is 11.8 Å². The number of carbonyl (C=O) groups is 2. The number of benzene rings is 2. The normalized spacial score (nSPS) is 11.0. The van der Waals surface area contributed by atoms with E-state index in [1.54, 1.807) is 6.92 Å². The number of carbonyl (C=O) groups excluding carboxylic acids is 2. The average molecular weight is 365 g/mol.